The summed E-state index contributed by atoms with van der Waals surface area (Å²) < 4.78 is 50.7. The number of halogens is 4. The molecule has 0 atom stereocenters. The van der Waals surface area contributed by atoms with Crippen LogP contribution in [-0.4, -0.2) is 5.78 Å². The van der Waals surface area contributed by atoms with Crippen LogP contribution in [0.1, 0.15) is 48.0 Å². The number of carbonyl (C=O) groups excluding carboxylic acids is 1. The van der Waals surface area contributed by atoms with Crippen molar-refractivity contribution in [3.63, 3.8) is 0 Å². The van der Waals surface area contributed by atoms with Gasteiger partial charge in [0, 0.05) is 12.0 Å². The van der Waals surface area contributed by atoms with Crippen LogP contribution in [0, 0.1) is 5.82 Å². The van der Waals surface area contributed by atoms with E-state index < -0.39 is 17.6 Å². The van der Waals surface area contributed by atoms with E-state index in [1.807, 2.05) is 6.08 Å². The van der Waals surface area contributed by atoms with Crippen LogP contribution < -0.4 is 0 Å². The minimum Gasteiger partial charge on any atom is -0.294 e. The van der Waals surface area contributed by atoms with Crippen molar-refractivity contribution in [2.45, 2.75) is 38.3 Å². The van der Waals surface area contributed by atoms with Crippen LogP contribution in [0.5, 0.6) is 0 Å². The molecule has 0 aromatic heterocycles. The van der Waals surface area contributed by atoms with Crippen molar-refractivity contribution in [1.82, 2.24) is 0 Å². The van der Waals surface area contributed by atoms with Crippen LogP contribution in [0.25, 0.3) is 0 Å². The van der Waals surface area contributed by atoms with Crippen LogP contribution in [0.2, 0.25) is 0 Å². The molecule has 1 aromatic rings. The van der Waals surface area contributed by atoms with E-state index in [4.69, 9.17) is 0 Å². The summed E-state index contributed by atoms with van der Waals surface area (Å²) in [6.45, 7) is 0. The van der Waals surface area contributed by atoms with E-state index >= 15 is 0 Å². The number of ketones is 1. The zero-order chi connectivity index (χ0) is 14.8. The molecule has 2 rings (SSSR count). The van der Waals surface area contributed by atoms with Gasteiger partial charge < -0.3 is 0 Å². The predicted molar refractivity (Wildman–Crippen MR) is 66.9 cm³/mol. The molecule has 0 spiro atoms. The van der Waals surface area contributed by atoms with Crippen molar-refractivity contribution in [3.8, 4) is 0 Å². The number of rotatable bonds is 3. The van der Waals surface area contributed by atoms with Gasteiger partial charge in [0.25, 0.3) is 0 Å². The van der Waals surface area contributed by atoms with Crippen LogP contribution in [0.3, 0.4) is 0 Å². The third kappa shape index (κ3) is 3.46. The summed E-state index contributed by atoms with van der Waals surface area (Å²) in [4.78, 5) is 11.9. The molecule has 0 unspecified atom stereocenters. The lowest BCUT2D eigenvalue weighted by Gasteiger charge is -2.12. The maximum absolute atomic E-state index is 13.4. The van der Waals surface area contributed by atoms with Gasteiger partial charge in [-0.15, -0.1) is 0 Å². The molecule has 5 heteroatoms. The van der Waals surface area contributed by atoms with Gasteiger partial charge in [0.1, 0.15) is 5.82 Å². The topological polar surface area (TPSA) is 17.1 Å². The summed E-state index contributed by atoms with van der Waals surface area (Å²) >= 11 is 0. The summed E-state index contributed by atoms with van der Waals surface area (Å²) in [5, 5.41) is 0. The third-order valence-corrected chi connectivity index (χ3v) is 3.37. The second-order valence-electron chi connectivity index (χ2n) is 4.90. The number of carbonyl (C=O) groups is 1. The first-order valence-electron chi connectivity index (χ1n) is 6.46. The summed E-state index contributed by atoms with van der Waals surface area (Å²) in [7, 11) is 0. The van der Waals surface area contributed by atoms with Gasteiger partial charge in [-0.05, 0) is 37.8 Å². The molecule has 20 heavy (non-hydrogen) atoms. The Bertz CT molecular complexity index is 543. The molecule has 0 saturated carbocycles. The minimum atomic E-state index is -4.74. The van der Waals surface area contributed by atoms with Crippen molar-refractivity contribution < 1.29 is 22.4 Å². The number of alkyl halides is 3. The van der Waals surface area contributed by atoms with Crippen LogP contribution in [-0.2, 0) is 6.18 Å². The quantitative estimate of drug-likeness (QED) is 0.438. The fourth-order valence-corrected chi connectivity index (χ4v) is 2.29. The van der Waals surface area contributed by atoms with Gasteiger partial charge in [0.05, 0.1) is 5.56 Å². The van der Waals surface area contributed by atoms with E-state index in [1.165, 1.54) is 0 Å². The van der Waals surface area contributed by atoms with Crippen LogP contribution in [0.15, 0.2) is 29.8 Å². The maximum Gasteiger partial charge on any atom is 0.419 e. The Morgan fingerprint density at radius 1 is 1.20 bits per heavy atom. The molecule has 0 N–H and O–H groups in total. The average molecular weight is 286 g/mol. The predicted octanol–water partition coefficient (Wildman–Crippen LogP) is 4.92. The fraction of sp³-hybridized carbons (Fsp3) is 0.400. The molecule has 0 radical (unpaired) electrons. The lowest BCUT2D eigenvalue weighted by Crippen LogP contribution is -2.10. The molecule has 1 nitrogen and oxygen atoms in total. The van der Waals surface area contributed by atoms with E-state index in [-0.39, 0.29) is 17.8 Å². The first-order chi connectivity index (χ1) is 9.38. The molecular formula is C15H14F4O. The number of hydrogen-bond donors (Lipinski definition) is 0. The van der Waals surface area contributed by atoms with Crippen LogP contribution in [0.4, 0.5) is 17.6 Å². The molecule has 0 saturated heterocycles. The van der Waals surface area contributed by atoms with Gasteiger partial charge >= 0.3 is 6.18 Å². The van der Waals surface area contributed by atoms with E-state index in [1.54, 1.807) is 0 Å². The normalized spacial score (nSPS) is 15.9. The number of hydrogen-bond acceptors (Lipinski definition) is 1. The molecule has 1 aliphatic carbocycles. The molecular weight excluding hydrogens is 272 g/mol. The molecule has 0 heterocycles. The molecule has 0 aliphatic heterocycles. The Balaban J connectivity index is 2.15. The highest BCUT2D eigenvalue weighted by atomic mass is 19.4. The molecule has 1 aromatic carbocycles. The molecule has 0 bridgehead atoms. The second-order valence-corrected chi connectivity index (χ2v) is 4.90. The van der Waals surface area contributed by atoms with Gasteiger partial charge in [-0.2, -0.15) is 13.2 Å². The van der Waals surface area contributed by atoms with Crippen molar-refractivity contribution >= 4 is 5.78 Å². The van der Waals surface area contributed by atoms with Crippen molar-refractivity contribution in [1.29, 1.82) is 0 Å². The Labute approximate surface area is 114 Å². The van der Waals surface area contributed by atoms with Crippen molar-refractivity contribution in [2.24, 2.45) is 0 Å². The third-order valence-electron chi connectivity index (χ3n) is 3.37. The Kier molecular flexibility index (Phi) is 4.26. The Morgan fingerprint density at radius 3 is 2.50 bits per heavy atom. The number of benzene rings is 1. The standard InChI is InChI=1S/C15H14F4O/c16-13-9-11(6-7-12(13)15(17,18)19)14(20)8-10-4-2-1-3-5-10/h4,6-7,9H,1-3,5,8H2. The smallest absolute Gasteiger partial charge is 0.294 e. The summed E-state index contributed by atoms with van der Waals surface area (Å²) in [5.74, 6) is -1.74. The minimum absolute atomic E-state index is 0.0121. The first-order valence-corrected chi connectivity index (χ1v) is 6.46. The average Bonchev–Trinajstić information content (AvgIpc) is 2.38. The van der Waals surface area contributed by atoms with Gasteiger partial charge in [0.15, 0.2) is 5.78 Å². The van der Waals surface area contributed by atoms with E-state index in [9.17, 15) is 22.4 Å². The largest absolute Gasteiger partial charge is 0.419 e. The van der Waals surface area contributed by atoms with Crippen molar-refractivity contribution in [2.75, 3.05) is 0 Å². The molecule has 108 valence electrons. The highest BCUT2D eigenvalue weighted by molar-refractivity contribution is 5.97. The zero-order valence-corrected chi connectivity index (χ0v) is 10.8. The van der Waals surface area contributed by atoms with Gasteiger partial charge in [-0.25, -0.2) is 4.39 Å². The number of Topliss-reactive ketones (excluding diaryl/α,β-unsaturated/α-hetero) is 1. The Morgan fingerprint density at radius 2 is 1.95 bits per heavy atom. The SMILES string of the molecule is O=C(CC1=CCCCC1)c1ccc(C(F)(F)F)c(F)c1. The highest BCUT2D eigenvalue weighted by Gasteiger charge is 2.34. The lowest BCUT2D eigenvalue weighted by molar-refractivity contribution is -0.140. The monoisotopic (exact) mass is 286 g/mol. The molecule has 0 amide bonds. The summed E-state index contributed by atoms with van der Waals surface area (Å²) in [6.07, 6.45) is 1.26. The molecule has 1 aliphatic rings. The first kappa shape index (κ1) is 14.8. The molecule has 0 fully saturated rings. The highest BCUT2D eigenvalue weighted by Crippen LogP contribution is 2.32. The lowest BCUT2D eigenvalue weighted by atomic mass is 9.93. The van der Waals surface area contributed by atoms with Crippen LogP contribution >= 0.6 is 0 Å². The fourth-order valence-electron chi connectivity index (χ4n) is 2.29. The summed E-state index contributed by atoms with van der Waals surface area (Å²) in [5.41, 5.74) is -0.366. The van der Waals surface area contributed by atoms with Gasteiger partial charge in [-0.3, -0.25) is 4.79 Å². The number of allylic oxidation sites excluding steroid dienone is 2. The van der Waals surface area contributed by atoms with E-state index in [0.29, 0.717) is 12.1 Å². The maximum atomic E-state index is 13.4. The zero-order valence-electron chi connectivity index (χ0n) is 10.8. The van der Waals surface area contributed by atoms with E-state index in [2.05, 4.69) is 0 Å². The van der Waals surface area contributed by atoms with Gasteiger partial charge in [0.2, 0.25) is 0 Å². The van der Waals surface area contributed by atoms with Crippen molar-refractivity contribution in [3.05, 3.63) is 46.8 Å². The summed E-state index contributed by atoms with van der Waals surface area (Å²) in [6, 6.07) is 2.34. The van der Waals surface area contributed by atoms with E-state index in [0.717, 1.165) is 37.3 Å². The Hall–Kier alpha value is -1.65. The van der Waals surface area contributed by atoms with Gasteiger partial charge in [-0.1, -0.05) is 17.7 Å². The second kappa shape index (κ2) is 5.77.